The number of halogens is 1. The predicted molar refractivity (Wildman–Crippen MR) is 102 cm³/mol. The van der Waals surface area contributed by atoms with E-state index in [4.69, 9.17) is 16.3 Å². The van der Waals surface area contributed by atoms with Crippen LogP contribution in [-0.2, 0) is 4.74 Å². The van der Waals surface area contributed by atoms with Crippen LogP contribution >= 0.6 is 11.6 Å². The molecule has 27 heavy (non-hydrogen) atoms. The highest BCUT2D eigenvalue weighted by molar-refractivity contribution is 6.32. The average molecular weight is 394 g/mol. The second kappa shape index (κ2) is 9.40. The minimum atomic E-state index is -0.517. The van der Waals surface area contributed by atoms with Crippen molar-refractivity contribution in [2.75, 3.05) is 50.0 Å². The molecular formula is C16H20ClN7O3. The van der Waals surface area contributed by atoms with Crippen molar-refractivity contribution in [1.29, 1.82) is 0 Å². The van der Waals surface area contributed by atoms with E-state index in [1.165, 1.54) is 12.5 Å². The highest BCUT2D eigenvalue weighted by Gasteiger charge is 2.23. The first-order chi connectivity index (χ1) is 13.1. The Morgan fingerprint density at radius 3 is 2.78 bits per heavy atom. The summed E-state index contributed by atoms with van der Waals surface area (Å²) in [5, 5.41) is 17.7. The standard InChI is InChI=1S/C16H20ClN7O3/c17-14-12(3-1-4-18-14)22-16-13(24(25)26)15(20-11-21-16)19-5-2-6-23-7-9-27-10-8-23/h1,3-4,11H,2,5-10H2,(H2,19,20,21,22). The number of pyridine rings is 1. The predicted octanol–water partition coefficient (Wildman–Crippen LogP) is 2.31. The highest BCUT2D eigenvalue weighted by Crippen LogP contribution is 2.32. The molecular weight excluding hydrogens is 374 g/mol. The van der Waals surface area contributed by atoms with E-state index in [2.05, 4.69) is 30.5 Å². The Labute approximate surface area is 161 Å². The Balaban J connectivity index is 1.66. The molecule has 10 nitrogen and oxygen atoms in total. The van der Waals surface area contributed by atoms with E-state index in [1.807, 2.05) is 0 Å². The lowest BCUT2D eigenvalue weighted by Crippen LogP contribution is -2.37. The summed E-state index contributed by atoms with van der Waals surface area (Å²) < 4.78 is 5.32. The molecule has 144 valence electrons. The van der Waals surface area contributed by atoms with E-state index in [9.17, 15) is 10.1 Å². The lowest BCUT2D eigenvalue weighted by atomic mass is 10.3. The van der Waals surface area contributed by atoms with Gasteiger partial charge in [0, 0.05) is 25.8 Å². The highest BCUT2D eigenvalue weighted by atomic mass is 35.5. The molecule has 3 heterocycles. The molecule has 0 spiro atoms. The number of aromatic nitrogens is 3. The molecule has 11 heteroatoms. The molecule has 1 aliphatic rings. The number of hydrogen-bond acceptors (Lipinski definition) is 9. The van der Waals surface area contributed by atoms with Crippen LogP contribution in [0, 0.1) is 10.1 Å². The first-order valence-corrected chi connectivity index (χ1v) is 8.94. The molecule has 0 atom stereocenters. The summed E-state index contributed by atoms with van der Waals surface area (Å²) in [7, 11) is 0. The summed E-state index contributed by atoms with van der Waals surface area (Å²) in [6.45, 7) is 4.77. The van der Waals surface area contributed by atoms with Crippen molar-refractivity contribution in [1.82, 2.24) is 19.9 Å². The minimum absolute atomic E-state index is 0.0561. The summed E-state index contributed by atoms with van der Waals surface area (Å²) >= 11 is 6.01. The molecule has 1 aliphatic heterocycles. The summed E-state index contributed by atoms with van der Waals surface area (Å²) in [6, 6.07) is 3.34. The van der Waals surface area contributed by atoms with E-state index in [-0.39, 0.29) is 22.5 Å². The van der Waals surface area contributed by atoms with Crippen LogP contribution in [0.5, 0.6) is 0 Å². The van der Waals surface area contributed by atoms with Crippen LogP contribution in [0.2, 0.25) is 5.15 Å². The van der Waals surface area contributed by atoms with Crippen molar-refractivity contribution in [3.8, 4) is 0 Å². The fraction of sp³-hybridized carbons (Fsp3) is 0.438. The van der Waals surface area contributed by atoms with Gasteiger partial charge in [0.25, 0.3) is 0 Å². The molecule has 0 radical (unpaired) electrons. The van der Waals surface area contributed by atoms with Gasteiger partial charge in [-0.2, -0.15) is 0 Å². The molecule has 2 N–H and O–H groups in total. The number of hydrogen-bond donors (Lipinski definition) is 2. The maximum absolute atomic E-state index is 11.6. The topological polar surface area (TPSA) is 118 Å². The largest absolute Gasteiger partial charge is 0.379 e. The molecule has 0 unspecified atom stereocenters. The average Bonchev–Trinajstić information content (AvgIpc) is 2.68. The molecule has 3 rings (SSSR count). The van der Waals surface area contributed by atoms with E-state index < -0.39 is 4.92 Å². The first-order valence-electron chi connectivity index (χ1n) is 8.56. The fourth-order valence-electron chi connectivity index (χ4n) is 2.71. The number of anilines is 3. The van der Waals surface area contributed by atoms with E-state index >= 15 is 0 Å². The van der Waals surface area contributed by atoms with Gasteiger partial charge in [-0.15, -0.1) is 0 Å². The van der Waals surface area contributed by atoms with Crippen molar-refractivity contribution >= 4 is 34.6 Å². The lowest BCUT2D eigenvalue weighted by molar-refractivity contribution is -0.383. The molecule has 0 saturated carbocycles. The minimum Gasteiger partial charge on any atom is -0.379 e. The smallest absolute Gasteiger partial charge is 0.353 e. The van der Waals surface area contributed by atoms with Gasteiger partial charge in [-0.25, -0.2) is 15.0 Å². The fourth-order valence-corrected chi connectivity index (χ4v) is 2.88. The van der Waals surface area contributed by atoms with Crippen LogP contribution in [0.4, 0.5) is 23.0 Å². The van der Waals surface area contributed by atoms with Crippen molar-refractivity contribution in [3.63, 3.8) is 0 Å². The van der Waals surface area contributed by atoms with Crippen LogP contribution in [0.15, 0.2) is 24.7 Å². The van der Waals surface area contributed by atoms with Gasteiger partial charge in [-0.05, 0) is 25.1 Å². The quantitative estimate of drug-likeness (QED) is 0.301. The van der Waals surface area contributed by atoms with Crippen molar-refractivity contribution in [2.45, 2.75) is 6.42 Å². The van der Waals surface area contributed by atoms with Crippen molar-refractivity contribution in [2.24, 2.45) is 0 Å². The summed E-state index contributed by atoms with van der Waals surface area (Å²) in [6.07, 6.45) is 3.63. The van der Waals surface area contributed by atoms with Crippen LogP contribution in [0.3, 0.4) is 0 Å². The molecule has 1 fully saturated rings. The van der Waals surface area contributed by atoms with Gasteiger partial charge in [0.05, 0.1) is 23.8 Å². The Hall–Kier alpha value is -2.56. The lowest BCUT2D eigenvalue weighted by Gasteiger charge is -2.26. The van der Waals surface area contributed by atoms with Gasteiger partial charge >= 0.3 is 5.69 Å². The van der Waals surface area contributed by atoms with E-state index in [1.54, 1.807) is 12.1 Å². The maximum Gasteiger partial charge on any atom is 0.353 e. The third kappa shape index (κ3) is 5.22. The normalized spacial score (nSPS) is 14.7. The Morgan fingerprint density at radius 2 is 2.04 bits per heavy atom. The molecule has 0 aromatic carbocycles. The summed E-state index contributed by atoms with van der Waals surface area (Å²) in [4.78, 5) is 25.3. The Kier molecular flexibility index (Phi) is 6.69. The van der Waals surface area contributed by atoms with E-state index in [0.29, 0.717) is 12.2 Å². The van der Waals surface area contributed by atoms with Crippen LogP contribution in [-0.4, -0.2) is 64.2 Å². The number of rotatable bonds is 8. The van der Waals surface area contributed by atoms with Crippen molar-refractivity contribution in [3.05, 3.63) is 39.9 Å². The number of nitrogens with zero attached hydrogens (tertiary/aromatic N) is 5. The second-order valence-electron chi connectivity index (χ2n) is 5.88. The number of morpholine rings is 1. The number of ether oxygens (including phenoxy) is 1. The molecule has 2 aromatic heterocycles. The van der Waals surface area contributed by atoms with Crippen LogP contribution in [0.1, 0.15) is 6.42 Å². The summed E-state index contributed by atoms with van der Waals surface area (Å²) in [5.74, 6) is 0.222. The van der Waals surface area contributed by atoms with Gasteiger partial charge in [0.15, 0.2) is 5.15 Å². The maximum atomic E-state index is 11.6. The Bertz CT molecular complexity index is 786. The monoisotopic (exact) mass is 393 g/mol. The Morgan fingerprint density at radius 1 is 1.26 bits per heavy atom. The third-order valence-electron chi connectivity index (χ3n) is 4.06. The zero-order valence-corrected chi connectivity index (χ0v) is 15.4. The third-order valence-corrected chi connectivity index (χ3v) is 4.37. The molecule has 0 bridgehead atoms. The molecule has 2 aromatic rings. The van der Waals surface area contributed by atoms with E-state index in [0.717, 1.165) is 39.3 Å². The number of nitro groups is 1. The SMILES string of the molecule is O=[N+]([O-])c1c(NCCCN2CCOCC2)ncnc1Nc1cccnc1Cl. The first kappa shape index (κ1) is 19.2. The molecule has 1 saturated heterocycles. The zero-order chi connectivity index (χ0) is 19.1. The van der Waals surface area contributed by atoms with Crippen LogP contribution < -0.4 is 10.6 Å². The van der Waals surface area contributed by atoms with Crippen molar-refractivity contribution < 1.29 is 9.66 Å². The van der Waals surface area contributed by atoms with Crippen LogP contribution in [0.25, 0.3) is 0 Å². The zero-order valence-electron chi connectivity index (χ0n) is 14.6. The number of nitrogens with one attached hydrogen (secondary N) is 2. The van der Waals surface area contributed by atoms with Gasteiger partial charge in [0.2, 0.25) is 11.6 Å². The summed E-state index contributed by atoms with van der Waals surface area (Å²) in [5.41, 5.74) is 0.197. The van der Waals surface area contributed by atoms with Gasteiger partial charge in [-0.1, -0.05) is 11.6 Å². The van der Waals surface area contributed by atoms with Gasteiger partial charge in [-0.3, -0.25) is 15.0 Å². The second-order valence-corrected chi connectivity index (χ2v) is 6.24. The van der Waals surface area contributed by atoms with Gasteiger partial charge in [0.1, 0.15) is 6.33 Å². The molecule has 0 amide bonds. The van der Waals surface area contributed by atoms with Gasteiger partial charge < -0.3 is 15.4 Å². The molecule has 0 aliphatic carbocycles.